The molecule has 0 bridgehead atoms. The van der Waals surface area contributed by atoms with E-state index in [1.54, 1.807) is 12.2 Å². The molecule has 5 heteroatoms. The number of hydrogen-bond donors (Lipinski definition) is 0. The highest BCUT2D eigenvalue weighted by molar-refractivity contribution is 5.96. The predicted octanol–water partition coefficient (Wildman–Crippen LogP) is 4.00. The molecule has 4 nitrogen and oxygen atoms in total. The fourth-order valence-corrected chi connectivity index (χ4v) is 2.19. The molecule has 23 heavy (non-hydrogen) atoms. The van der Waals surface area contributed by atoms with Gasteiger partial charge in [0.2, 0.25) is 6.54 Å². The van der Waals surface area contributed by atoms with Crippen molar-refractivity contribution in [1.82, 2.24) is 0 Å². The molecule has 0 aliphatic heterocycles. The van der Waals surface area contributed by atoms with Gasteiger partial charge in [-0.2, -0.15) is 0 Å². The first kappa shape index (κ1) is 16.5. The van der Waals surface area contributed by atoms with Gasteiger partial charge in [0, 0.05) is 22.8 Å². The van der Waals surface area contributed by atoms with Crippen molar-refractivity contribution in [2.75, 3.05) is 6.54 Å². The Morgan fingerprint density at radius 3 is 2.39 bits per heavy atom. The van der Waals surface area contributed by atoms with Gasteiger partial charge in [0.1, 0.15) is 5.82 Å². The van der Waals surface area contributed by atoms with E-state index in [0.717, 1.165) is 5.56 Å². The molecule has 0 amide bonds. The highest BCUT2D eigenvalue weighted by atomic mass is 19.1. The average Bonchev–Trinajstić information content (AvgIpc) is 2.53. The molecule has 0 saturated heterocycles. The first-order valence-corrected chi connectivity index (χ1v) is 7.18. The fraction of sp³-hybridized carbons (Fsp3) is 0.167. The molecule has 0 fully saturated rings. The van der Waals surface area contributed by atoms with E-state index in [0.29, 0.717) is 5.56 Å². The van der Waals surface area contributed by atoms with Crippen LogP contribution < -0.4 is 0 Å². The fourth-order valence-electron chi connectivity index (χ4n) is 2.19. The van der Waals surface area contributed by atoms with Crippen LogP contribution in [0.1, 0.15) is 22.3 Å². The Labute approximate surface area is 133 Å². The van der Waals surface area contributed by atoms with Crippen molar-refractivity contribution in [1.29, 1.82) is 0 Å². The van der Waals surface area contributed by atoms with Crippen LogP contribution in [0.4, 0.5) is 4.39 Å². The summed E-state index contributed by atoms with van der Waals surface area (Å²) in [5.41, 5.74) is 1.27. The van der Waals surface area contributed by atoms with Gasteiger partial charge in [-0.1, -0.05) is 42.5 Å². The normalized spacial score (nSPS) is 12.2. The summed E-state index contributed by atoms with van der Waals surface area (Å²) in [4.78, 5) is 22.5. The second kappa shape index (κ2) is 7.98. The van der Waals surface area contributed by atoms with E-state index in [1.165, 1.54) is 24.3 Å². The number of carbonyl (C=O) groups is 1. The standard InChI is InChI=1S/C18H16FNO3/c19-17-10-8-16(9-11-17)18(21)12-15(13-20(22)23)7-6-14-4-2-1-3-5-14/h1-11,15H,12-13H2/b7-6+/t15-/m1/s1. The number of halogens is 1. The van der Waals surface area contributed by atoms with Gasteiger partial charge in [-0.05, 0) is 29.8 Å². The largest absolute Gasteiger partial charge is 0.294 e. The molecule has 0 radical (unpaired) electrons. The van der Waals surface area contributed by atoms with E-state index in [2.05, 4.69) is 0 Å². The van der Waals surface area contributed by atoms with Crippen molar-refractivity contribution in [2.24, 2.45) is 5.92 Å². The van der Waals surface area contributed by atoms with Crippen molar-refractivity contribution in [2.45, 2.75) is 6.42 Å². The molecule has 118 valence electrons. The van der Waals surface area contributed by atoms with Gasteiger partial charge in [-0.15, -0.1) is 0 Å². The van der Waals surface area contributed by atoms with E-state index in [4.69, 9.17) is 0 Å². The smallest absolute Gasteiger partial charge is 0.210 e. The maximum Gasteiger partial charge on any atom is 0.210 e. The van der Waals surface area contributed by atoms with Crippen LogP contribution in [0, 0.1) is 21.8 Å². The maximum atomic E-state index is 12.9. The molecule has 0 heterocycles. The molecule has 0 N–H and O–H groups in total. The van der Waals surface area contributed by atoms with E-state index in [9.17, 15) is 19.3 Å². The summed E-state index contributed by atoms with van der Waals surface area (Å²) in [6, 6.07) is 14.6. The molecule has 2 aromatic carbocycles. The quantitative estimate of drug-likeness (QED) is 0.441. The molecule has 0 saturated carbocycles. The number of ketones is 1. The predicted molar refractivity (Wildman–Crippen MR) is 86.2 cm³/mol. The molecule has 2 rings (SSSR count). The lowest BCUT2D eigenvalue weighted by atomic mass is 9.97. The van der Waals surface area contributed by atoms with Crippen molar-refractivity contribution in [3.63, 3.8) is 0 Å². The number of benzene rings is 2. The molecular weight excluding hydrogens is 297 g/mol. The lowest BCUT2D eigenvalue weighted by molar-refractivity contribution is -0.485. The molecule has 0 aliphatic rings. The third-order valence-corrected chi connectivity index (χ3v) is 3.36. The number of rotatable bonds is 7. The molecule has 0 aromatic heterocycles. The van der Waals surface area contributed by atoms with Crippen LogP contribution in [0.3, 0.4) is 0 Å². The number of carbonyl (C=O) groups excluding carboxylic acids is 1. The molecule has 0 aliphatic carbocycles. The molecule has 0 spiro atoms. The Morgan fingerprint density at radius 2 is 1.78 bits per heavy atom. The molecule has 1 atom stereocenters. The topological polar surface area (TPSA) is 60.2 Å². The van der Waals surface area contributed by atoms with Gasteiger partial charge < -0.3 is 0 Å². The lowest BCUT2D eigenvalue weighted by Crippen LogP contribution is -2.16. The van der Waals surface area contributed by atoms with Crippen molar-refractivity contribution < 1.29 is 14.1 Å². The van der Waals surface area contributed by atoms with Gasteiger partial charge in [0.05, 0.1) is 0 Å². The average molecular weight is 313 g/mol. The summed E-state index contributed by atoms with van der Waals surface area (Å²) >= 11 is 0. The highest BCUT2D eigenvalue weighted by Crippen LogP contribution is 2.15. The van der Waals surface area contributed by atoms with Crippen LogP contribution in [0.15, 0.2) is 60.7 Å². The van der Waals surface area contributed by atoms with Crippen molar-refractivity contribution in [3.05, 3.63) is 87.7 Å². The third kappa shape index (κ3) is 5.47. The van der Waals surface area contributed by atoms with E-state index < -0.39 is 16.7 Å². The summed E-state index contributed by atoms with van der Waals surface area (Å²) in [6.45, 7) is -0.323. The van der Waals surface area contributed by atoms with E-state index in [-0.39, 0.29) is 18.7 Å². The first-order valence-electron chi connectivity index (χ1n) is 7.18. The highest BCUT2D eigenvalue weighted by Gasteiger charge is 2.18. The summed E-state index contributed by atoms with van der Waals surface area (Å²) in [5, 5.41) is 10.8. The molecule has 0 unspecified atom stereocenters. The van der Waals surface area contributed by atoms with Gasteiger partial charge in [-0.25, -0.2) is 4.39 Å². The van der Waals surface area contributed by atoms with E-state index in [1.807, 2.05) is 30.3 Å². The summed E-state index contributed by atoms with van der Waals surface area (Å²) < 4.78 is 12.9. The number of hydrogen-bond acceptors (Lipinski definition) is 3. The van der Waals surface area contributed by atoms with Crippen LogP contribution in [-0.2, 0) is 0 Å². The van der Waals surface area contributed by atoms with Crippen LogP contribution >= 0.6 is 0 Å². The Hall–Kier alpha value is -2.82. The van der Waals surface area contributed by atoms with Crippen LogP contribution in [-0.4, -0.2) is 17.3 Å². The minimum Gasteiger partial charge on any atom is -0.294 e. The monoisotopic (exact) mass is 313 g/mol. The summed E-state index contributed by atoms with van der Waals surface area (Å²) in [5.74, 6) is -1.18. The SMILES string of the molecule is O=C(C[C@@H](/C=C/c1ccccc1)C[N+](=O)[O-])c1ccc(F)cc1. The Morgan fingerprint density at radius 1 is 1.13 bits per heavy atom. The summed E-state index contributed by atoms with van der Waals surface area (Å²) in [7, 11) is 0. The van der Waals surface area contributed by atoms with Crippen LogP contribution in [0.5, 0.6) is 0 Å². The minimum atomic E-state index is -0.511. The number of nitrogens with zero attached hydrogens (tertiary/aromatic N) is 1. The van der Waals surface area contributed by atoms with Gasteiger partial charge in [0.25, 0.3) is 0 Å². The molecule has 2 aromatic rings. The maximum absolute atomic E-state index is 12.9. The number of nitro groups is 1. The third-order valence-electron chi connectivity index (χ3n) is 3.36. The van der Waals surface area contributed by atoms with Gasteiger partial charge >= 0.3 is 0 Å². The zero-order chi connectivity index (χ0) is 16.7. The minimum absolute atomic E-state index is 0.00987. The van der Waals surface area contributed by atoms with Gasteiger partial charge in [0.15, 0.2) is 5.78 Å². The van der Waals surface area contributed by atoms with Gasteiger partial charge in [-0.3, -0.25) is 14.9 Å². The zero-order valence-corrected chi connectivity index (χ0v) is 12.4. The Balaban J connectivity index is 2.09. The number of Topliss-reactive ketones (excluding diaryl/α,β-unsaturated/α-hetero) is 1. The van der Waals surface area contributed by atoms with Crippen molar-refractivity contribution >= 4 is 11.9 Å². The lowest BCUT2D eigenvalue weighted by Gasteiger charge is -2.08. The van der Waals surface area contributed by atoms with Crippen molar-refractivity contribution in [3.8, 4) is 0 Å². The van der Waals surface area contributed by atoms with Crippen LogP contribution in [0.25, 0.3) is 6.08 Å². The Kier molecular flexibility index (Phi) is 5.74. The Bertz CT molecular complexity index is 696. The van der Waals surface area contributed by atoms with Crippen LogP contribution in [0.2, 0.25) is 0 Å². The second-order valence-corrected chi connectivity index (χ2v) is 5.18. The first-order chi connectivity index (χ1) is 11.0. The zero-order valence-electron chi connectivity index (χ0n) is 12.4. The second-order valence-electron chi connectivity index (χ2n) is 5.18. The molecular formula is C18H16FNO3. The summed E-state index contributed by atoms with van der Waals surface area (Å²) in [6.07, 6.45) is 3.46. The van der Waals surface area contributed by atoms with E-state index >= 15 is 0 Å².